The maximum absolute atomic E-state index is 11.8. The molecule has 0 aromatic carbocycles. The quantitative estimate of drug-likeness (QED) is 0.168. The van der Waals surface area contributed by atoms with Crippen LogP contribution < -0.4 is 0 Å². The summed E-state index contributed by atoms with van der Waals surface area (Å²) in [6, 6.07) is 6.91. The lowest BCUT2D eigenvalue weighted by Gasteiger charge is -2.05. The Labute approximate surface area is 212 Å². The Balaban J connectivity index is 1.26. The summed E-state index contributed by atoms with van der Waals surface area (Å²) >= 11 is 3.70. The van der Waals surface area contributed by atoms with Crippen LogP contribution in [0.15, 0.2) is 49.1 Å². The standard InChI is InChI=1S/C26H36N2O4S2/c29-25(23-11-9-13-27-21-23)31-15-19-33-17-7-5-3-1-2-4-6-8-18-34-20-16-32-26(30)24-12-10-14-28-22-24/h9-14,21-22H,1-8,15-20H2. The van der Waals surface area contributed by atoms with Crippen LogP contribution in [0.5, 0.6) is 0 Å². The number of hydrogen-bond acceptors (Lipinski definition) is 8. The van der Waals surface area contributed by atoms with Crippen LogP contribution in [0.2, 0.25) is 0 Å². The molecule has 0 spiro atoms. The van der Waals surface area contributed by atoms with E-state index in [0.29, 0.717) is 24.3 Å². The van der Waals surface area contributed by atoms with Gasteiger partial charge in [0, 0.05) is 36.3 Å². The molecule has 186 valence electrons. The number of rotatable bonds is 19. The molecule has 0 aliphatic rings. The molecule has 2 heterocycles. The van der Waals surface area contributed by atoms with E-state index in [9.17, 15) is 9.59 Å². The van der Waals surface area contributed by atoms with Gasteiger partial charge in [0.25, 0.3) is 0 Å². The minimum Gasteiger partial charge on any atom is -0.461 e. The average Bonchev–Trinajstić information content (AvgIpc) is 2.88. The summed E-state index contributed by atoms with van der Waals surface area (Å²) in [6.07, 6.45) is 16.6. The molecule has 0 fully saturated rings. The Kier molecular flexibility index (Phi) is 16.0. The van der Waals surface area contributed by atoms with E-state index in [-0.39, 0.29) is 11.9 Å². The first-order chi connectivity index (χ1) is 16.8. The maximum Gasteiger partial charge on any atom is 0.339 e. The number of esters is 2. The molecule has 34 heavy (non-hydrogen) atoms. The number of pyridine rings is 2. The zero-order valence-electron chi connectivity index (χ0n) is 19.9. The van der Waals surface area contributed by atoms with Crippen molar-refractivity contribution in [3.05, 3.63) is 60.2 Å². The lowest BCUT2D eigenvalue weighted by atomic mass is 10.1. The van der Waals surface area contributed by atoms with Gasteiger partial charge in [-0.25, -0.2) is 9.59 Å². The Bertz CT molecular complexity index is 726. The molecule has 2 aromatic heterocycles. The van der Waals surface area contributed by atoms with Crippen LogP contribution in [0.3, 0.4) is 0 Å². The van der Waals surface area contributed by atoms with Gasteiger partial charge in [0.1, 0.15) is 13.2 Å². The second-order valence-corrected chi connectivity index (χ2v) is 10.3. The summed E-state index contributed by atoms with van der Waals surface area (Å²) in [4.78, 5) is 31.4. The van der Waals surface area contributed by atoms with Crippen molar-refractivity contribution in [1.82, 2.24) is 9.97 Å². The highest BCUT2D eigenvalue weighted by atomic mass is 32.2. The molecule has 0 aliphatic carbocycles. The molecule has 0 aliphatic heterocycles. The van der Waals surface area contributed by atoms with Gasteiger partial charge in [-0.15, -0.1) is 0 Å². The molecule has 8 heteroatoms. The molecular formula is C26H36N2O4S2. The molecule has 0 N–H and O–H groups in total. The lowest BCUT2D eigenvalue weighted by Crippen LogP contribution is -2.08. The fraction of sp³-hybridized carbons (Fsp3) is 0.538. The van der Waals surface area contributed by atoms with Gasteiger partial charge in [-0.1, -0.05) is 38.5 Å². The third kappa shape index (κ3) is 13.6. The van der Waals surface area contributed by atoms with Crippen LogP contribution in [-0.2, 0) is 9.47 Å². The Morgan fingerprint density at radius 3 is 1.41 bits per heavy atom. The minimum absolute atomic E-state index is 0.297. The molecule has 0 bridgehead atoms. The predicted molar refractivity (Wildman–Crippen MR) is 141 cm³/mol. The maximum atomic E-state index is 11.8. The first kappa shape index (κ1) is 28.2. The van der Waals surface area contributed by atoms with E-state index in [4.69, 9.17) is 9.47 Å². The highest BCUT2D eigenvalue weighted by Gasteiger charge is 2.06. The molecular weight excluding hydrogens is 468 g/mol. The number of ether oxygens (including phenoxy) is 2. The SMILES string of the molecule is O=C(OCCSCCCCCCCCCCSCCOC(=O)c1cccnc1)c1cccnc1. The second kappa shape index (κ2) is 19.3. The van der Waals surface area contributed by atoms with Gasteiger partial charge in [-0.2, -0.15) is 23.5 Å². The minimum atomic E-state index is -0.297. The van der Waals surface area contributed by atoms with Crippen molar-refractivity contribution >= 4 is 35.5 Å². The Morgan fingerprint density at radius 2 is 1.03 bits per heavy atom. The van der Waals surface area contributed by atoms with Gasteiger partial charge < -0.3 is 9.47 Å². The molecule has 0 saturated heterocycles. The second-order valence-electron chi connectivity index (χ2n) is 7.81. The Hall–Kier alpha value is -2.06. The Morgan fingerprint density at radius 1 is 0.618 bits per heavy atom. The summed E-state index contributed by atoms with van der Waals surface area (Å²) < 4.78 is 10.5. The van der Waals surface area contributed by atoms with E-state index in [1.54, 1.807) is 36.7 Å². The smallest absolute Gasteiger partial charge is 0.339 e. The number of aromatic nitrogens is 2. The number of thioether (sulfide) groups is 2. The summed E-state index contributed by atoms with van der Waals surface area (Å²) in [5, 5.41) is 0. The summed E-state index contributed by atoms with van der Waals surface area (Å²) in [5.41, 5.74) is 1.01. The van der Waals surface area contributed by atoms with Crippen LogP contribution in [0.25, 0.3) is 0 Å². The van der Waals surface area contributed by atoms with Gasteiger partial charge in [0.2, 0.25) is 0 Å². The monoisotopic (exact) mass is 504 g/mol. The first-order valence-corrected chi connectivity index (χ1v) is 14.4. The van der Waals surface area contributed by atoms with Crippen molar-refractivity contribution in [3.63, 3.8) is 0 Å². The van der Waals surface area contributed by atoms with Crippen molar-refractivity contribution in [1.29, 1.82) is 0 Å². The molecule has 0 atom stereocenters. The van der Waals surface area contributed by atoms with Crippen molar-refractivity contribution in [2.45, 2.75) is 51.4 Å². The number of carbonyl (C=O) groups excluding carboxylic acids is 2. The molecule has 0 amide bonds. The third-order valence-corrected chi connectivity index (χ3v) is 7.11. The fourth-order valence-electron chi connectivity index (χ4n) is 3.19. The number of hydrogen-bond donors (Lipinski definition) is 0. The van der Waals surface area contributed by atoms with Crippen LogP contribution in [-0.4, -0.2) is 58.1 Å². The van der Waals surface area contributed by atoms with E-state index in [1.807, 2.05) is 23.5 Å². The lowest BCUT2D eigenvalue weighted by molar-refractivity contribution is 0.0520. The zero-order valence-corrected chi connectivity index (χ0v) is 21.5. The number of nitrogens with zero attached hydrogens (tertiary/aromatic N) is 2. The predicted octanol–water partition coefficient (Wildman–Crippen LogP) is 6.08. The summed E-state index contributed by atoms with van der Waals surface area (Å²) in [5.74, 6) is 3.34. The van der Waals surface area contributed by atoms with Crippen molar-refractivity contribution < 1.29 is 19.1 Å². The van der Waals surface area contributed by atoms with E-state index in [1.165, 1.54) is 63.8 Å². The summed E-state index contributed by atoms with van der Waals surface area (Å²) in [7, 11) is 0. The van der Waals surface area contributed by atoms with E-state index in [0.717, 1.165) is 23.0 Å². The largest absolute Gasteiger partial charge is 0.461 e. The molecule has 0 unspecified atom stereocenters. The van der Waals surface area contributed by atoms with E-state index in [2.05, 4.69) is 9.97 Å². The number of unbranched alkanes of at least 4 members (excludes halogenated alkanes) is 7. The van der Waals surface area contributed by atoms with Crippen LogP contribution in [0, 0.1) is 0 Å². The van der Waals surface area contributed by atoms with E-state index >= 15 is 0 Å². The molecule has 2 rings (SSSR count). The van der Waals surface area contributed by atoms with Gasteiger partial charge in [-0.3, -0.25) is 9.97 Å². The fourth-order valence-corrected chi connectivity index (χ4v) is 4.82. The van der Waals surface area contributed by atoms with Crippen molar-refractivity contribution in [2.24, 2.45) is 0 Å². The van der Waals surface area contributed by atoms with Crippen molar-refractivity contribution in [2.75, 3.05) is 36.2 Å². The molecule has 0 radical (unpaired) electrons. The molecule has 2 aromatic rings. The average molecular weight is 505 g/mol. The highest BCUT2D eigenvalue weighted by molar-refractivity contribution is 7.99. The highest BCUT2D eigenvalue weighted by Crippen LogP contribution is 2.13. The van der Waals surface area contributed by atoms with Gasteiger partial charge in [0.15, 0.2) is 0 Å². The molecule has 6 nitrogen and oxygen atoms in total. The van der Waals surface area contributed by atoms with Gasteiger partial charge in [0.05, 0.1) is 11.1 Å². The molecule has 0 saturated carbocycles. The van der Waals surface area contributed by atoms with Crippen LogP contribution >= 0.6 is 23.5 Å². The van der Waals surface area contributed by atoms with Crippen LogP contribution in [0.1, 0.15) is 72.1 Å². The topological polar surface area (TPSA) is 78.4 Å². The number of carbonyl (C=O) groups is 2. The van der Waals surface area contributed by atoms with Gasteiger partial charge >= 0.3 is 11.9 Å². The summed E-state index contributed by atoms with van der Waals surface area (Å²) in [6.45, 7) is 0.903. The van der Waals surface area contributed by atoms with E-state index < -0.39 is 0 Å². The normalized spacial score (nSPS) is 10.7. The van der Waals surface area contributed by atoms with Gasteiger partial charge in [-0.05, 0) is 48.6 Å². The first-order valence-electron chi connectivity index (χ1n) is 12.1. The zero-order chi connectivity index (χ0) is 24.1. The van der Waals surface area contributed by atoms with Crippen LogP contribution in [0.4, 0.5) is 0 Å². The third-order valence-electron chi connectivity index (χ3n) is 5.04. The van der Waals surface area contributed by atoms with Crippen molar-refractivity contribution in [3.8, 4) is 0 Å².